The van der Waals surface area contributed by atoms with Gasteiger partial charge in [-0.15, -0.1) is 0 Å². The average molecular weight is 276 g/mol. The third-order valence-electron chi connectivity index (χ3n) is 1.94. The molecular weight excluding hydrogens is 261 g/mol. The van der Waals surface area contributed by atoms with Gasteiger partial charge in [-0.1, -0.05) is 26.0 Å². The number of aromatic hydroxyl groups is 1. The van der Waals surface area contributed by atoms with Crippen LogP contribution in [0.1, 0.15) is 32.3 Å². The fourth-order valence-electron chi connectivity index (χ4n) is 1.26. The van der Waals surface area contributed by atoms with E-state index >= 15 is 0 Å². The van der Waals surface area contributed by atoms with E-state index in [0.717, 1.165) is 5.56 Å². The van der Waals surface area contributed by atoms with Crippen molar-refractivity contribution in [2.75, 3.05) is 0 Å². The van der Waals surface area contributed by atoms with E-state index in [0.29, 0.717) is 17.4 Å². The first-order chi connectivity index (χ1) is 7.16. The van der Waals surface area contributed by atoms with Crippen LogP contribution in [-0.4, -0.2) is 11.3 Å². The number of nitrogens with zero attached hydrogens (tertiary/aromatic N) is 1. The summed E-state index contributed by atoms with van der Waals surface area (Å²) in [5.74, 6) is 0.627. The summed E-state index contributed by atoms with van der Waals surface area (Å²) in [5, 5.41) is 9.78. The van der Waals surface area contributed by atoms with Gasteiger partial charge in [-0.25, -0.2) is 0 Å². The van der Waals surface area contributed by atoms with Gasteiger partial charge in [0, 0.05) is 6.21 Å². The van der Waals surface area contributed by atoms with Gasteiger partial charge in [-0.2, -0.15) is 0 Å². The number of rotatable bonds is 2. The van der Waals surface area contributed by atoms with Crippen LogP contribution in [0.4, 0.5) is 5.69 Å². The molecule has 0 fully saturated rings. The van der Waals surface area contributed by atoms with Crippen molar-refractivity contribution < 1.29 is 20.2 Å². The molecule has 1 aromatic rings. The first-order valence-electron chi connectivity index (χ1n) is 4.58. The fourth-order valence-corrected chi connectivity index (χ4v) is 1.26. The summed E-state index contributed by atoms with van der Waals surface area (Å²) in [6.07, 6.45) is 1.68. The van der Waals surface area contributed by atoms with Crippen LogP contribution < -0.4 is 0 Å². The molecule has 0 aliphatic carbocycles. The third kappa shape index (κ3) is 4.25. The minimum atomic E-state index is 0.301. The van der Waals surface area contributed by atoms with Crippen LogP contribution in [0.2, 0.25) is 0 Å². The van der Waals surface area contributed by atoms with Crippen molar-refractivity contribution in [3.8, 4) is 5.75 Å². The second-order valence-corrected chi connectivity index (χ2v) is 3.26. The molecular formula is C11H15ClCuNO. The van der Waals surface area contributed by atoms with Gasteiger partial charge in [0.15, 0.2) is 0 Å². The van der Waals surface area contributed by atoms with Crippen molar-refractivity contribution in [3.63, 3.8) is 0 Å². The number of phenols is 1. The van der Waals surface area contributed by atoms with Gasteiger partial charge in [0.25, 0.3) is 0 Å². The molecule has 88 valence electrons. The predicted octanol–water partition coefficient (Wildman–Crippen LogP) is 3.92. The summed E-state index contributed by atoms with van der Waals surface area (Å²) < 4.78 is 0. The summed E-state index contributed by atoms with van der Waals surface area (Å²) in [6, 6.07) is 5.65. The summed E-state index contributed by atoms with van der Waals surface area (Å²) in [7, 11) is 4.20. The van der Waals surface area contributed by atoms with Gasteiger partial charge in [-0.3, -0.25) is 4.99 Å². The van der Waals surface area contributed by atoms with Crippen LogP contribution in [0.25, 0.3) is 0 Å². The van der Waals surface area contributed by atoms with Gasteiger partial charge in [0.05, 0.1) is 0 Å². The first-order valence-corrected chi connectivity index (χ1v) is 5.88. The van der Waals surface area contributed by atoms with Crippen molar-refractivity contribution >= 4 is 22.0 Å². The van der Waals surface area contributed by atoms with Crippen LogP contribution in [0.5, 0.6) is 5.75 Å². The zero-order chi connectivity index (χ0) is 11.8. The molecule has 0 atom stereocenters. The van der Waals surface area contributed by atoms with Gasteiger partial charge in [0.1, 0.15) is 11.4 Å². The Morgan fingerprint density at radius 2 is 2.00 bits per heavy atom. The van der Waals surface area contributed by atoms with Crippen molar-refractivity contribution in [2.45, 2.75) is 26.7 Å². The zero-order valence-electron chi connectivity index (χ0n) is 8.96. The second-order valence-electron chi connectivity index (χ2n) is 3.26. The third-order valence-corrected chi connectivity index (χ3v) is 1.94. The molecule has 0 radical (unpaired) electrons. The van der Waals surface area contributed by atoms with Crippen LogP contribution in [0, 0.1) is 0 Å². The van der Waals surface area contributed by atoms with E-state index in [1.54, 1.807) is 12.3 Å². The number of hydrogen-bond acceptors (Lipinski definition) is 2. The normalized spacial score (nSPS) is 10.3. The molecule has 0 bridgehead atoms. The second kappa shape index (κ2) is 7.75. The molecule has 0 aromatic heterocycles. The van der Waals surface area contributed by atoms with Crippen molar-refractivity contribution in [1.29, 1.82) is 0 Å². The molecule has 0 heterocycles. The van der Waals surface area contributed by atoms with Crippen LogP contribution >= 0.6 is 10.1 Å². The van der Waals surface area contributed by atoms with Crippen molar-refractivity contribution in [2.24, 2.45) is 4.99 Å². The molecule has 1 N–H and O–H groups in total. The molecule has 0 saturated carbocycles. The summed E-state index contributed by atoms with van der Waals surface area (Å²) in [4.78, 5) is 4.07. The molecule has 1 aromatic carbocycles. The zero-order valence-corrected chi connectivity index (χ0v) is 10.7. The van der Waals surface area contributed by atoms with Crippen molar-refractivity contribution in [1.82, 2.24) is 0 Å². The van der Waals surface area contributed by atoms with E-state index in [-0.39, 0.29) is 0 Å². The minimum absolute atomic E-state index is 0.301. The van der Waals surface area contributed by atoms with E-state index in [1.165, 1.54) is 0 Å². The molecule has 15 heavy (non-hydrogen) atoms. The Morgan fingerprint density at radius 1 is 1.40 bits per heavy atom. The number of hydrogen-bond donors (Lipinski definition) is 1. The molecule has 0 aliphatic heterocycles. The van der Waals surface area contributed by atoms with E-state index < -0.39 is 0 Å². The Labute approximate surface area is 103 Å². The van der Waals surface area contributed by atoms with Gasteiger partial charge in [-0.05, 0) is 24.5 Å². The Hall–Kier alpha value is -0.501. The molecule has 0 unspecified atom stereocenters. The number of benzene rings is 1. The predicted molar refractivity (Wildman–Crippen MR) is 61.9 cm³/mol. The molecule has 0 amide bonds. The van der Waals surface area contributed by atoms with E-state index in [1.807, 2.05) is 19.1 Å². The first kappa shape index (κ1) is 14.5. The Morgan fingerprint density at radius 3 is 2.47 bits per heavy atom. The van der Waals surface area contributed by atoms with Gasteiger partial charge >= 0.3 is 25.2 Å². The monoisotopic (exact) mass is 275 g/mol. The average Bonchev–Trinajstić information content (AvgIpc) is 2.24. The molecule has 1 rings (SSSR count). The molecule has 4 heteroatoms. The number of phenolic OH excluding ortho intramolecular Hbond substituents is 1. The van der Waals surface area contributed by atoms with E-state index in [9.17, 15) is 5.11 Å². The number of halogens is 1. The topological polar surface area (TPSA) is 32.6 Å². The maximum absolute atomic E-state index is 9.78. The molecule has 0 aliphatic rings. The van der Waals surface area contributed by atoms with E-state index in [2.05, 4.69) is 44.0 Å². The molecule has 0 saturated heterocycles. The SMILES string of the molecule is CC=Nc1cccc(C(C)C)c1O.[Cl][Cu]. The standard InChI is InChI=1S/C11H15NO.ClH.Cu/c1-4-12-10-7-5-6-9(8(2)3)11(10)13;;/h4-8,13H,1-3H3;1H;/q;;+1/p-1. The van der Waals surface area contributed by atoms with Gasteiger partial charge in [0.2, 0.25) is 0 Å². The summed E-state index contributed by atoms with van der Waals surface area (Å²) in [5.41, 5.74) is 1.59. The molecule has 2 nitrogen and oxygen atoms in total. The number of aliphatic imine (C=N–C) groups is 1. The Kier molecular flexibility index (Phi) is 7.49. The Balaban J connectivity index is 0.000000921. The number of para-hydroxylation sites is 1. The van der Waals surface area contributed by atoms with Crippen LogP contribution in [0.15, 0.2) is 23.2 Å². The van der Waals surface area contributed by atoms with Crippen LogP contribution in [0.3, 0.4) is 0 Å². The van der Waals surface area contributed by atoms with Crippen LogP contribution in [-0.2, 0) is 15.1 Å². The Bertz CT molecular complexity index is 326. The van der Waals surface area contributed by atoms with Crippen molar-refractivity contribution in [3.05, 3.63) is 23.8 Å². The summed E-state index contributed by atoms with van der Waals surface area (Å²) >= 11 is 3.66. The fraction of sp³-hybridized carbons (Fsp3) is 0.364. The van der Waals surface area contributed by atoms with Gasteiger partial charge < -0.3 is 5.11 Å². The summed E-state index contributed by atoms with van der Waals surface area (Å²) in [6.45, 7) is 5.93. The van der Waals surface area contributed by atoms with E-state index in [4.69, 9.17) is 0 Å². The molecule has 0 spiro atoms. The quantitative estimate of drug-likeness (QED) is 0.644. The maximum atomic E-state index is 9.78.